The smallest absolute Gasteiger partial charge is 0.236 e. The molecule has 0 amide bonds. The Morgan fingerprint density at radius 2 is 1.65 bits per heavy atom. The van der Waals surface area contributed by atoms with Crippen LogP contribution in [0.1, 0.15) is 11.4 Å². The predicted octanol–water partition coefficient (Wildman–Crippen LogP) is 2.05. The van der Waals surface area contributed by atoms with Gasteiger partial charge in [0.2, 0.25) is 5.95 Å². The van der Waals surface area contributed by atoms with E-state index in [0.29, 0.717) is 5.95 Å². The Hall–Kier alpha value is -2.48. The highest BCUT2D eigenvalue weighted by molar-refractivity contribution is 5.62. The lowest BCUT2D eigenvalue weighted by molar-refractivity contribution is 1.12. The first-order valence-electron chi connectivity index (χ1n) is 5.12. The molecule has 0 saturated heterocycles. The molecule has 2 aromatic rings. The highest BCUT2D eigenvalue weighted by Gasteiger charge is 2.02. The van der Waals surface area contributed by atoms with E-state index in [1.165, 1.54) is 0 Å². The quantitative estimate of drug-likeness (QED) is 0.625. The largest absolute Gasteiger partial charge is 0.261 e. The van der Waals surface area contributed by atoms with Crippen molar-refractivity contribution in [2.75, 3.05) is 5.32 Å². The summed E-state index contributed by atoms with van der Waals surface area (Å²) in [6.45, 7) is 3.89. The fourth-order valence-electron chi connectivity index (χ4n) is 1.59. The van der Waals surface area contributed by atoms with Gasteiger partial charge in [0.25, 0.3) is 0 Å². The SMILES string of the molecule is Cc1cc(-c2cnc(NC#N)nc2)cc(C)n1. The van der Waals surface area contributed by atoms with Crippen LogP contribution in [0.5, 0.6) is 0 Å². The van der Waals surface area contributed by atoms with Crippen LogP contribution in [0.25, 0.3) is 11.1 Å². The van der Waals surface area contributed by atoms with Gasteiger partial charge in [-0.25, -0.2) is 9.97 Å². The number of aryl methyl sites for hydroxylation is 2. The van der Waals surface area contributed by atoms with Gasteiger partial charge in [-0.3, -0.25) is 10.3 Å². The van der Waals surface area contributed by atoms with Crippen LogP contribution in [-0.2, 0) is 0 Å². The van der Waals surface area contributed by atoms with E-state index >= 15 is 0 Å². The van der Waals surface area contributed by atoms with Gasteiger partial charge in [-0.1, -0.05) is 0 Å². The van der Waals surface area contributed by atoms with Gasteiger partial charge in [-0.2, -0.15) is 5.26 Å². The van der Waals surface area contributed by atoms with Crippen LogP contribution < -0.4 is 5.32 Å². The first-order chi connectivity index (χ1) is 8.19. The maximum Gasteiger partial charge on any atom is 0.236 e. The predicted molar refractivity (Wildman–Crippen MR) is 64.0 cm³/mol. The van der Waals surface area contributed by atoms with Crippen LogP contribution in [0.3, 0.4) is 0 Å². The van der Waals surface area contributed by atoms with Gasteiger partial charge >= 0.3 is 0 Å². The molecule has 17 heavy (non-hydrogen) atoms. The van der Waals surface area contributed by atoms with Crippen LogP contribution in [0.2, 0.25) is 0 Å². The van der Waals surface area contributed by atoms with Crippen molar-refractivity contribution in [1.82, 2.24) is 15.0 Å². The van der Waals surface area contributed by atoms with Gasteiger partial charge in [0.05, 0.1) is 0 Å². The Labute approximate surface area is 99.2 Å². The molecular formula is C12H11N5. The average Bonchev–Trinajstić information content (AvgIpc) is 2.29. The molecule has 0 saturated carbocycles. The molecule has 0 bridgehead atoms. The summed E-state index contributed by atoms with van der Waals surface area (Å²) < 4.78 is 0. The Morgan fingerprint density at radius 1 is 1.06 bits per heavy atom. The first kappa shape index (κ1) is 11.0. The zero-order valence-corrected chi connectivity index (χ0v) is 9.60. The van der Waals surface area contributed by atoms with E-state index in [9.17, 15) is 0 Å². The number of nitrogens with one attached hydrogen (secondary N) is 1. The minimum atomic E-state index is 0.304. The molecule has 0 spiro atoms. The van der Waals surface area contributed by atoms with Crippen LogP contribution in [0.4, 0.5) is 5.95 Å². The van der Waals surface area contributed by atoms with Crippen LogP contribution in [-0.4, -0.2) is 15.0 Å². The van der Waals surface area contributed by atoms with Crippen molar-refractivity contribution in [3.63, 3.8) is 0 Å². The number of pyridine rings is 1. The molecule has 84 valence electrons. The molecule has 0 aliphatic carbocycles. The van der Waals surface area contributed by atoms with Crippen LogP contribution >= 0.6 is 0 Å². The Bertz CT molecular complexity index is 548. The average molecular weight is 225 g/mol. The number of nitriles is 1. The molecule has 2 heterocycles. The summed E-state index contributed by atoms with van der Waals surface area (Å²) in [5.74, 6) is 0.304. The van der Waals surface area contributed by atoms with Crippen molar-refractivity contribution in [2.24, 2.45) is 0 Å². The standard InChI is InChI=1S/C12H11N5/c1-8-3-10(4-9(2)17-8)11-5-14-12(15-6-11)16-7-13/h3-6H,1-2H3,(H,14,15,16). The maximum absolute atomic E-state index is 8.43. The van der Waals surface area contributed by atoms with Crippen molar-refractivity contribution in [3.8, 4) is 17.3 Å². The second-order valence-electron chi connectivity index (χ2n) is 3.67. The summed E-state index contributed by atoms with van der Waals surface area (Å²) in [7, 11) is 0. The summed E-state index contributed by atoms with van der Waals surface area (Å²) in [5.41, 5.74) is 3.85. The van der Waals surface area contributed by atoms with E-state index in [1.807, 2.05) is 26.0 Å². The summed E-state index contributed by atoms with van der Waals surface area (Å²) in [6.07, 6.45) is 5.14. The molecule has 0 fully saturated rings. The van der Waals surface area contributed by atoms with Gasteiger partial charge < -0.3 is 0 Å². The number of hydrogen-bond acceptors (Lipinski definition) is 5. The van der Waals surface area contributed by atoms with Crippen LogP contribution in [0, 0.1) is 25.3 Å². The van der Waals surface area contributed by atoms with E-state index in [-0.39, 0.29) is 0 Å². The van der Waals surface area contributed by atoms with E-state index in [2.05, 4.69) is 20.3 Å². The van der Waals surface area contributed by atoms with Gasteiger partial charge in [-0.05, 0) is 31.5 Å². The van der Waals surface area contributed by atoms with E-state index in [4.69, 9.17) is 5.26 Å². The molecule has 2 aromatic heterocycles. The second-order valence-corrected chi connectivity index (χ2v) is 3.67. The number of aromatic nitrogens is 3. The number of anilines is 1. The van der Waals surface area contributed by atoms with Crippen molar-refractivity contribution < 1.29 is 0 Å². The molecular weight excluding hydrogens is 214 g/mol. The maximum atomic E-state index is 8.43. The topological polar surface area (TPSA) is 74.5 Å². The Morgan fingerprint density at radius 3 is 2.18 bits per heavy atom. The fourth-order valence-corrected chi connectivity index (χ4v) is 1.59. The molecule has 0 aromatic carbocycles. The van der Waals surface area contributed by atoms with Crippen molar-refractivity contribution in [2.45, 2.75) is 13.8 Å². The molecule has 1 N–H and O–H groups in total. The lowest BCUT2D eigenvalue weighted by Gasteiger charge is -2.04. The lowest BCUT2D eigenvalue weighted by Crippen LogP contribution is -1.95. The minimum Gasteiger partial charge on any atom is -0.261 e. The van der Waals surface area contributed by atoms with E-state index in [0.717, 1.165) is 22.5 Å². The molecule has 0 atom stereocenters. The molecule has 0 aliphatic rings. The zero-order valence-electron chi connectivity index (χ0n) is 9.60. The van der Waals surface area contributed by atoms with Crippen molar-refractivity contribution in [3.05, 3.63) is 35.9 Å². The number of hydrogen-bond donors (Lipinski definition) is 1. The third kappa shape index (κ3) is 2.55. The van der Waals surface area contributed by atoms with Gasteiger partial charge in [0.15, 0.2) is 6.19 Å². The van der Waals surface area contributed by atoms with Gasteiger partial charge in [0, 0.05) is 29.3 Å². The monoisotopic (exact) mass is 225 g/mol. The minimum absolute atomic E-state index is 0.304. The first-order valence-corrected chi connectivity index (χ1v) is 5.12. The third-order valence-corrected chi connectivity index (χ3v) is 2.23. The number of nitrogens with zero attached hydrogens (tertiary/aromatic N) is 4. The second kappa shape index (κ2) is 4.58. The van der Waals surface area contributed by atoms with E-state index in [1.54, 1.807) is 18.6 Å². The van der Waals surface area contributed by atoms with Gasteiger partial charge in [-0.15, -0.1) is 0 Å². The molecule has 0 radical (unpaired) electrons. The highest BCUT2D eigenvalue weighted by Crippen LogP contribution is 2.19. The molecule has 5 heteroatoms. The highest BCUT2D eigenvalue weighted by atomic mass is 15.1. The summed E-state index contributed by atoms with van der Waals surface area (Å²) in [5, 5.41) is 10.8. The number of rotatable bonds is 2. The zero-order chi connectivity index (χ0) is 12.3. The van der Waals surface area contributed by atoms with Crippen LogP contribution in [0.15, 0.2) is 24.5 Å². The molecule has 0 aliphatic heterocycles. The summed E-state index contributed by atoms with van der Waals surface area (Å²) in [6, 6.07) is 3.95. The van der Waals surface area contributed by atoms with Crippen molar-refractivity contribution in [1.29, 1.82) is 5.26 Å². The normalized spacial score (nSPS) is 9.71. The lowest BCUT2D eigenvalue weighted by atomic mass is 10.1. The van der Waals surface area contributed by atoms with Crippen molar-refractivity contribution >= 4 is 5.95 Å². The Kier molecular flexibility index (Phi) is 2.97. The summed E-state index contributed by atoms with van der Waals surface area (Å²) in [4.78, 5) is 12.4. The van der Waals surface area contributed by atoms with Gasteiger partial charge in [0.1, 0.15) is 0 Å². The molecule has 5 nitrogen and oxygen atoms in total. The third-order valence-electron chi connectivity index (χ3n) is 2.23. The van der Waals surface area contributed by atoms with E-state index < -0.39 is 0 Å². The molecule has 2 rings (SSSR count). The Balaban J connectivity index is 2.36. The fraction of sp³-hybridized carbons (Fsp3) is 0.167. The molecule has 0 unspecified atom stereocenters. The summed E-state index contributed by atoms with van der Waals surface area (Å²) >= 11 is 0.